The van der Waals surface area contributed by atoms with Crippen molar-refractivity contribution in [1.29, 1.82) is 0 Å². The summed E-state index contributed by atoms with van der Waals surface area (Å²) >= 11 is 0. The van der Waals surface area contributed by atoms with Gasteiger partial charge in [-0.1, -0.05) is 6.07 Å². The van der Waals surface area contributed by atoms with E-state index in [1.807, 2.05) is 35.2 Å². The Hall–Kier alpha value is -2.24. The molecule has 3 rings (SSSR count). The standard InChI is InChI=1S/C22H29N3O2/c1-18-4-5-21(16-19(18)2)22(26)25(17-20-6-8-23-9-7-20)11-3-10-24-12-14-27-15-13-24/h4-9,16H,3,10-15,17H2,1-2H3. The minimum absolute atomic E-state index is 0.0943. The molecule has 0 saturated carbocycles. The van der Waals surface area contributed by atoms with E-state index in [4.69, 9.17) is 4.74 Å². The van der Waals surface area contributed by atoms with Crippen LogP contribution in [0.25, 0.3) is 0 Å². The van der Waals surface area contributed by atoms with Crippen molar-refractivity contribution >= 4 is 5.91 Å². The van der Waals surface area contributed by atoms with Crippen LogP contribution in [0.15, 0.2) is 42.7 Å². The lowest BCUT2D eigenvalue weighted by Gasteiger charge is -2.28. The van der Waals surface area contributed by atoms with Gasteiger partial charge >= 0.3 is 0 Å². The van der Waals surface area contributed by atoms with Crippen molar-refractivity contribution in [2.75, 3.05) is 39.4 Å². The fourth-order valence-corrected chi connectivity index (χ4v) is 3.33. The molecule has 1 aromatic carbocycles. The van der Waals surface area contributed by atoms with Gasteiger partial charge in [-0.25, -0.2) is 0 Å². The summed E-state index contributed by atoms with van der Waals surface area (Å²) in [5, 5.41) is 0. The average Bonchev–Trinajstić information content (AvgIpc) is 2.70. The number of amides is 1. The number of carbonyl (C=O) groups excluding carboxylic acids is 1. The van der Waals surface area contributed by atoms with Crippen LogP contribution in [0.5, 0.6) is 0 Å². The van der Waals surface area contributed by atoms with Crippen molar-refractivity contribution < 1.29 is 9.53 Å². The number of aryl methyl sites for hydroxylation is 2. The third-order valence-corrected chi connectivity index (χ3v) is 5.17. The predicted octanol–water partition coefficient (Wildman–Crippen LogP) is 3.06. The highest BCUT2D eigenvalue weighted by Gasteiger charge is 2.18. The zero-order valence-corrected chi connectivity index (χ0v) is 16.4. The van der Waals surface area contributed by atoms with E-state index in [0.717, 1.165) is 62.5 Å². The second-order valence-corrected chi connectivity index (χ2v) is 7.19. The zero-order valence-electron chi connectivity index (χ0n) is 16.4. The van der Waals surface area contributed by atoms with Crippen molar-refractivity contribution in [3.8, 4) is 0 Å². The van der Waals surface area contributed by atoms with Gasteiger partial charge in [-0.05, 0) is 61.2 Å². The highest BCUT2D eigenvalue weighted by Crippen LogP contribution is 2.15. The van der Waals surface area contributed by atoms with Gasteiger partial charge < -0.3 is 9.64 Å². The zero-order chi connectivity index (χ0) is 19.1. The normalized spacial score (nSPS) is 14.9. The minimum Gasteiger partial charge on any atom is -0.379 e. The molecule has 0 aliphatic carbocycles. The molecule has 2 aromatic rings. The molecule has 0 atom stereocenters. The number of hydrogen-bond donors (Lipinski definition) is 0. The number of ether oxygens (including phenoxy) is 1. The molecule has 0 radical (unpaired) electrons. The first kappa shape index (κ1) is 19.5. The number of carbonyl (C=O) groups is 1. The first-order chi connectivity index (χ1) is 13.1. The second kappa shape index (κ2) is 9.62. The van der Waals surface area contributed by atoms with Crippen molar-refractivity contribution in [2.24, 2.45) is 0 Å². The van der Waals surface area contributed by atoms with E-state index in [1.54, 1.807) is 12.4 Å². The fourth-order valence-electron chi connectivity index (χ4n) is 3.33. The molecule has 1 aliphatic heterocycles. The lowest BCUT2D eigenvalue weighted by molar-refractivity contribution is 0.0355. The van der Waals surface area contributed by atoms with E-state index in [9.17, 15) is 4.79 Å². The number of hydrogen-bond acceptors (Lipinski definition) is 4. The van der Waals surface area contributed by atoms with Gasteiger partial charge in [-0.15, -0.1) is 0 Å². The van der Waals surface area contributed by atoms with Crippen LogP contribution in [0.3, 0.4) is 0 Å². The van der Waals surface area contributed by atoms with Crippen LogP contribution in [0, 0.1) is 13.8 Å². The lowest BCUT2D eigenvalue weighted by Crippen LogP contribution is -2.39. The van der Waals surface area contributed by atoms with Crippen molar-refractivity contribution in [2.45, 2.75) is 26.8 Å². The molecule has 1 amide bonds. The van der Waals surface area contributed by atoms with Gasteiger partial charge in [0.25, 0.3) is 5.91 Å². The molecule has 144 valence electrons. The second-order valence-electron chi connectivity index (χ2n) is 7.19. The van der Waals surface area contributed by atoms with Gasteiger partial charge in [0.15, 0.2) is 0 Å². The Morgan fingerprint density at radius 2 is 1.85 bits per heavy atom. The Morgan fingerprint density at radius 1 is 1.11 bits per heavy atom. The molecule has 27 heavy (non-hydrogen) atoms. The van der Waals surface area contributed by atoms with Crippen LogP contribution in [0.4, 0.5) is 0 Å². The van der Waals surface area contributed by atoms with Gasteiger partial charge in [0, 0.05) is 50.7 Å². The van der Waals surface area contributed by atoms with E-state index in [0.29, 0.717) is 6.54 Å². The molecule has 5 nitrogen and oxygen atoms in total. The van der Waals surface area contributed by atoms with Crippen molar-refractivity contribution in [3.63, 3.8) is 0 Å². The van der Waals surface area contributed by atoms with Gasteiger partial charge in [0.2, 0.25) is 0 Å². The summed E-state index contributed by atoms with van der Waals surface area (Å²) in [6, 6.07) is 9.91. The Labute approximate surface area is 162 Å². The maximum Gasteiger partial charge on any atom is 0.254 e. The third kappa shape index (κ3) is 5.62. The molecular weight excluding hydrogens is 338 g/mol. The van der Waals surface area contributed by atoms with Gasteiger partial charge in [-0.2, -0.15) is 0 Å². The maximum absolute atomic E-state index is 13.2. The van der Waals surface area contributed by atoms with E-state index in [1.165, 1.54) is 5.56 Å². The minimum atomic E-state index is 0.0943. The van der Waals surface area contributed by atoms with Gasteiger partial charge in [-0.3, -0.25) is 14.7 Å². The molecular formula is C22H29N3O2. The molecule has 0 spiro atoms. The number of aromatic nitrogens is 1. The van der Waals surface area contributed by atoms with Crippen LogP contribution in [-0.4, -0.2) is 60.1 Å². The summed E-state index contributed by atoms with van der Waals surface area (Å²) in [7, 11) is 0. The lowest BCUT2D eigenvalue weighted by atomic mass is 10.1. The first-order valence-corrected chi connectivity index (χ1v) is 9.69. The van der Waals surface area contributed by atoms with E-state index in [-0.39, 0.29) is 5.91 Å². The first-order valence-electron chi connectivity index (χ1n) is 9.69. The van der Waals surface area contributed by atoms with Crippen molar-refractivity contribution in [3.05, 3.63) is 65.0 Å². The summed E-state index contributed by atoms with van der Waals surface area (Å²) in [5.74, 6) is 0.0943. The number of nitrogens with zero attached hydrogens (tertiary/aromatic N) is 3. The number of rotatable bonds is 7. The van der Waals surface area contributed by atoms with E-state index < -0.39 is 0 Å². The van der Waals surface area contributed by atoms with Crippen LogP contribution in [0.1, 0.15) is 33.5 Å². The number of benzene rings is 1. The summed E-state index contributed by atoms with van der Waals surface area (Å²) < 4.78 is 5.41. The number of pyridine rings is 1. The molecule has 1 saturated heterocycles. The molecule has 1 fully saturated rings. The summed E-state index contributed by atoms with van der Waals surface area (Å²) in [4.78, 5) is 21.6. The van der Waals surface area contributed by atoms with Crippen LogP contribution in [-0.2, 0) is 11.3 Å². The molecule has 0 N–H and O–H groups in total. The molecule has 1 aromatic heterocycles. The topological polar surface area (TPSA) is 45.7 Å². The SMILES string of the molecule is Cc1ccc(C(=O)N(CCCN2CCOCC2)Cc2ccncc2)cc1C. The maximum atomic E-state index is 13.2. The molecule has 0 unspecified atom stereocenters. The Morgan fingerprint density at radius 3 is 2.56 bits per heavy atom. The Bertz CT molecular complexity index is 742. The van der Waals surface area contributed by atoms with Crippen molar-refractivity contribution in [1.82, 2.24) is 14.8 Å². The quantitative estimate of drug-likeness (QED) is 0.755. The molecule has 5 heteroatoms. The monoisotopic (exact) mass is 367 g/mol. The molecule has 1 aliphatic rings. The smallest absolute Gasteiger partial charge is 0.254 e. The van der Waals surface area contributed by atoms with E-state index >= 15 is 0 Å². The van der Waals surface area contributed by atoms with E-state index in [2.05, 4.69) is 23.7 Å². The van der Waals surface area contributed by atoms with Crippen LogP contribution < -0.4 is 0 Å². The highest BCUT2D eigenvalue weighted by atomic mass is 16.5. The number of morpholine rings is 1. The summed E-state index contributed by atoms with van der Waals surface area (Å²) in [6.07, 6.45) is 4.52. The van der Waals surface area contributed by atoms with Crippen LogP contribution >= 0.6 is 0 Å². The largest absolute Gasteiger partial charge is 0.379 e. The molecule has 2 heterocycles. The fraction of sp³-hybridized carbons (Fsp3) is 0.455. The van der Waals surface area contributed by atoms with Crippen LogP contribution in [0.2, 0.25) is 0 Å². The molecule has 0 bridgehead atoms. The highest BCUT2D eigenvalue weighted by molar-refractivity contribution is 5.94. The predicted molar refractivity (Wildman–Crippen MR) is 107 cm³/mol. The van der Waals surface area contributed by atoms with Gasteiger partial charge in [0.05, 0.1) is 13.2 Å². The average molecular weight is 367 g/mol. The summed E-state index contributed by atoms with van der Waals surface area (Å²) in [6.45, 7) is 10.0. The Kier molecular flexibility index (Phi) is 6.96. The third-order valence-electron chi connectivity index (χ3n) is 5.17. The Balaban J connectivity index is 1.68. The summed E-state index contributed by atoms with van der Waals surface area (Å²) in [5.41, 5.74) is 4.23. The van der Waals surface area contributed by atoms with Gasteiger partial charge in [0.1, 0.15) is 0 Å².